The Bertz CT molecular complexity index is 1830. The van der Waals surface area contributed by atoms with Crippen LogP contribution in [0.25, 0.3) is 11.3 Å². The molecule has 0 spiro atoms. The summed E-state index contributed by atoms with van der Waals surface area (Å²) < 4.78 is 41.9. The van der Waals surface area contributed by atoms with Gasteiger partial charge in [-0.1, -0.05) is 45.0 Å². The average molecular weight is 645 g/mol. The number of hydrogen-bond donors (Lipinski definition) is 1. The Morgan fingerprint density at radius 3 is 2.43 bits per heavy atom. The van der Waals surface area contributed by atoms with E-state index < -0.39 is 16.1 Å². The molecule has 3 heterocycles. The Kier molecular flexibility index (Phi) is 9.29. The van der Waals surface area contributed by atoms with Crippen molar-refractivity contribution in [2.75, 3.05) is 11.3 Å². The fourth-order valence-electron chi connectivity index (χ4n) is 5.46. The highest BCUT2D eigenvalue weighted by molar-refractivity contribution is 7.92. The van der Waals surface area contributed by atoms with Gasteiger partial charge in [-0.2, -0.15) is 9.97 Å². The number of carbonyl (C=O) groups excluding carboxylic acids is 1. The summed E-state index contributed by atoms with van der Waals surface area (Å²) in [5, 5.41) is 0. The van der Waals surface area contributed by atoms with Crippen LogP contribution >= 0.6 is 0 Å². The standard InChI is InChI=1S/C34H40N6O5S/c1-21(2)45-29-14-15-35-28(37-29)19-40-25(18-34(5,6)7)20-44-30-17-27(31-22(3)10-8-11-23(31)4)36-33(38-30)39-46(42,43)26-13-9-12-24(16-26)32(40)41/h8-17,21,25H,18-20H2,1-7H3,(H,36,38,39)/t25-/m1/s1. The molecule has 46 heavy (non-hydrogen) atoms. The number of carbonyl (C=O) groups is 1. The number of sulfonamides is 1. The Balaban J connectivity index is 1.66. The van der Waals surface area contributed by atoms with Gasteiger partial charge in [-0.25, -0.2) is 23.1 Å². The van der Waals surface area contributed by atoms with Crippen molar-refractivity contribution >= 4 is 21.9 Å². The summed E-state index contributed by atoms with van der Waals surface area (Å²) >= 11 is 0. The lowest BCUT2D eigenvalue weighted by atomic mass is 9.87. The van der Waals surface area contributed by atoms with E-state index in [-0.39, 0.29) is 52.9 Å². The van der Waals surface area contributed by atoms with Gasteiger partial charge in [-0.15, -0.1) is 0 Å². The van der Waals surface area contributed by atoms with Gasteiger partial charge in [-0.05, 0) is 68.9 Å². The molecule has 1 amide bonds. The number of nitrogens with zero attached hydrogens (tertiary/aromatic N) is 5. The first kappa shape index (κ1) is 32.8. The van der Waals surface area contributed by atoms with Gasteiger partial charge in [0.2, 0.25) is 17.7 Å². The maximum Gasteiger partial charge on any atom is 0.264 e. The highest BCUT2D eigenvalue weighted by atomic mass is 32.2. The van der Waals surface area contributed by atoms with Gasteiger partial charge >= 0.3 is 0 Å². The molecule has 1 N–H and O–H groups in total. The van der Waals surface area contributed by atoms with E-state index in [1.54, 1.807) is 35.4 Å². The highest BCUT2D eigenvalue weighted by Gasteiger charge is 2.32. The molecule has 0 saturated heterocycles. The number of rotatable bonds is 6. The summed E-state index contributed by atoms with van der Waals surface area (Å²) in [6.07, 6.45) is 2.05. The van der Waals surface area contributed by atoms with Crippen LogP contribution in [0.15, 0.2) is 65.7 Å². The van der Waals surface area contributed by atoms with Crippen LogP contribution in [0.4, 0.5) is 5.95 Å². The lowest BCUT2D eigenvalue weighted by Crippen LogP contribution is -2.45. The monoisotopic (exact) mass is 644 g/mol. The van der Waals surface area contributed by atoms with E-state index in [1.165, 1.54) is 12.1 Å². The maximum absolute atomic E-state index is 14.3. The number of hydrogen-bond acceptors (Lipinski definition) is 9. The summed E-state index contributed by atoms with van der Waals surface area (Å²) in [6.45, 7) is 14.1. The third kappa shape index (κ3) is 7.79. The molecular weight excluding hydrogens is 604 g/mol. The molecule has 4 aromatic rings. The lowest BCUT2D eigenvalue weighted by molar-refractivity contribution is 0.0504. The summed E-state index contributed by atoms with van der Waals surface area (Å²) in [7, 11) is -4.18. The quantitative estimate of drug-likeness (QED) is 0.269. The molecule has 4 bridgehead atoms. The molecule has 2 aromatic heterocycles. The molecule has 0 unspecified atom stereocenters. The second-order valence-electron chi connectivity index (χ2n) is 13.0. The third-order valence-electron chi connectivity index (χ3n) is 7.38. The molecule has 12 heteroatoms. The number of nitrogens with one attached hydrogen (secondary N) is 1. The maximum atomic E-state index is 14.3. The molecular formula is C34H40N6O5S. The van der Waals surface area contributed by atoms with Crippen LogP contribution in [0, 0.1) is 19.3 Å². The van der Waals surface area contributed by atoms with Crippen molar-refractivity contribution < 1.29 is 22.7 Å². The van der Waals surface area contributed by atoms with Gasteiger partial charge in [0.15, 0.2) is 5.82 Å². The first-order valence-corrected chi connectivity index (χ1v) is 16.7. The number of benzene rings is 2. The molecule has 0 fully saturated rings. The first-order chi connectivity index (χ1) is 21.7. The summed E-state index contributed by atoms with van der Waals surface area (Å²) in [4.78, 5) is 33.9. The largest absolute Gasteiger partial charge is 0.475 e. The van der Waals surface area contributed by atoms with Crippen LogP contribution in [0.1, 0.15) is 68.3 Å². The van der Waals surface area contributed by atoms with Crippen LogP contribution in [0.5, 0.6) is 11.8 Å². The van der Waals surface area contributed by atoms with E-state index in [0.717, 1.165) is 16.7 Å². The minimum Gasteiger partial charge on any atom is -0.475 e. The van der Waals surface area contributed by atoms with Crippen molar-refractivity contribution in [1.82, 2.24) is 24.8 Å². The molecule has 242 valence electrons. The van der Waals surface area contributed by atoms with E-state index in [4.69, 9.17) is 9.47 Å². The Morgan fingerprint density at radius 1 is 1.02 bits per heavy atom. The minimum atomic E-state index is -4.18. The van der Waals surface area contributed by atoms with Crippen LogP contribution < -0.4 is 14.2 Å². The fourth-order valence-corrected chi connectivity index (χ4v) is 6.45. The third-order valence-corrected chi connectivity index (χ3v) is 8.70. The molecule has 11 nitrogen and oxygen atoms in total. The summed E-state index contributed by atoms with van der Waals surface area (Å²) in [5.41, 5.74) is 3.28. The van der Waals surface area contributed by atoms with Gasteiger partial charge < -0.3 is 14.4 Å². The SMILES string of the molecule is Cc1cccc(C)c1-c1cc2nc(n1)NS(=O)(=O)c1cccc(c1)C(=O)N(Cc1nccc(OC(C)C)n1)[C@H](CC(C)(C)C)CO2. The number of aryl methyl sites for hydroxylation is 2. The van der Waals surface area contributed by atoms with Crippen LogP contribution in [0.3, 0.4) is 0 Å². The highest BCUT2D eigenvalue weighted by Crippen LogP contribution is 2.31. The van der Waals surface area contributed by atoms with Gasteiger partial charge in [0, 0.05) is 29.5 Å². The molecule has 1 aliphatic heterocycles. The fraction of sp³-hybridized carbons (Fsp3) is 0.382. The Hall–Kier alpha value is -4.58. The van der Waals surface area contributed by atoms with Crippen LogP contribution in [0.2, 0.25) is 0 Å². The van der Waals surface area contributed by atoms with E-state index >= 15 is 0 Å². The molecule has 2 aromatic carbocycles. The van der Waals surface area contributed by atoms with Crippen molar-refractivity contribution in [3.05, 3.63) is 83.3 Å². The number of fused-ring (bicyclic) bond motifs is 4. The molecule has 1 aliphatic rings. The average Bonchev–Trinajstić information content (AvgIpc) is 2.96. The van der Waals surface area contributed by atoms with Gasteiger partial charge in [-0.3, -0.25) is 4.79 Å². The van der Waals surface area contributed by atoms with E-state index in [9.17, 15) is 13.2 Å². The first-order valence-electron chi connectivity index (χ1n) is 15.2. The molecule has 1 atom stereocenters. The zero-order valence-electron chi connectivity index (χ0n) is 27.2. The van der Waals surface area contributed by atoms with Crippen molar-refractivity contribution in [2.24, 2.45) is 5.41 Å². The number of amides is 1. The number of aromatic nitrogens is 4. The van der Waals surface area contributed by atoms with Gasteiger partial charge in [0.1, 0.15) is 6.61 Å². The smallest absolute Gasteiger partial charge is 0.264 e. The molecule has 0 saturated carbocycles. The zero-order chi connectivity index (χ0) is 33.2. The van der Waals surface area contributed by atoms with Crippen molar-refractivity contribution in [3.63, 3.8) is 0 Å². The second-order valence-corrected chi connectivity index (χ2v) is 14.6. The van der Waals surface area contributed by atoms with Gasteiger partial charge in [0.05, 0.1) is 29.3 Å². The van der Waals surface area contributed by atoms with E-state index in [0.29, 0.717) is 23.8 Å². The summed E-state index contributed by atoms with van der Waals surface area (Å²) in [5.74, 6) is 0.425. The lowest BCUT2D eigenvalue weighted by Gasteiger charge is -2.35. The van der Waals surface area contributed by atoms with Crippen molar-refractivity contribution in [1.29, 1.82) is 0 Å². The van der Waals surface area contributed by atoms with Crippen molar-refractivity contribution in [2.45, 2.75) is 78.5 Å². The zero-order valence-corrected chi connectivity index (χ0v) is 28.1. The summed E-state index contributed by atoms with van der Waals surface area (Å²) in [6, 6.07) is 14.7. The number of ether oxygens (including phenoxy) is 2. The Labute approximate surface area is 270 Å². The molecule has 0 aliphatic carbocycles. The van der Waals surface area contributed by atoms with E-state index in [2.05, 4.69) is 45.4 Å². The van der Waals surface area contributed by atoms with E-state index in [1.807, 2.05) is 45.9 Å². The van der Waals surface area contributed by atoms with Crippen molar-refractivity contribution in [3.8, 4) is 23.0 Å². The van der Waals surface area contributed by atoms with Crippen LogP contribution in [-0.2, 0) is 16.6 Å². The normalized spacial score (nSPS) is 16.5. The molecule has 0 radical (unpaired) electrons. The van der Waals surface area contributed by atoms with Gasteiger partial charge in [0.25, 0.3) is 15.9 Å². The topological polar surface area (TPSA) is 136 Å². The Morgan fingerprint density at radius 2 is 1.74 bits per heavy atom. The predicted octanol–water partition coefficient (Wildman–Crippen LogP) is 5.98. The van der Waals surface area contributed by atoms with Crippen LogP contribution in [-0.4, -0.2) is 57.9 Å². The second kappa shape index (κ2) is 13.0. The minimum absolute atomic E-state index is 0.0378. The predicted molar refractivity (Wildman–Crippen MR) is 175 cm³/mol. The molecule has 5 rings (SSSR count). The number of anilines is 1.